The largest absolute Gasteiger partial charge is 0.319 e. The van der Waals surface area contributed by atoms with Crippen molar-refractivity contribution in [1.82, 2.24) is 4.98 Å². The summed E-state index contributed by atoms with van der Waals surface area (Å²) in [4.78, 5) is 15.6. The Balaban J connectivity index is 2.20. The fourth-order valence-corrected chi connectivity index (χ4v) is 1.50. The van der Waals surface area contributed by atoms with Crippen LogP contribution in [0.1, 0.15) is 15.9 Å². The first-order valence-electron chi connectivity index (χ1n) is 5.22. The molecule has 1 amide bonds. The van der Waals surface area contributed by atoms with Crippen molar-refractivity contribution in [3.63, 3.8) is 0 Å². The van der Waals surface area contributed by atoms with Crippen LogP contribution < -0.4 is 5.32 Å². The third-order valence-electron chi connectivity index (χ3n) is 2.34. The molecule has 0 unspecified atom stereocenters. The number of hydrogen-bond donors (Lipinski definition) is 1. The zero-order valence-electron chi connectivity index (χ0n) is 9.52. The van der Waals surface area contributed by atoms with Gasteiger partial charge >= 0.3 is 0 Å². The SMILES string of the molecule is N#Cc1ccc(NC(=O)c2ccc(Cl)nc2)c(F)c1. The van der Waals surface area contributed by atoms with Gasteiger partial charge in [0.1, 0.15) is 11.0 Å². The monoisotopic (exact) mass is 275 g/mol. The number of rotatable bonds is 2. The van der Waals surface area contributed by atoms with Crippen molar-refractivity contribution in [2.45, 2.75) is 0 Å². The Hall–Kier alpha value is -2.45. The lowest BCUT2D eigenvalue weighted by Crippen LogP contribution is -2.13. The Morgan fingerprint density at radius 3 is 2.74 bits per heavy atom. The Morgan fingerprint density at radius 1 is 1.37 bits per heavy atom. The summed E-state index contributed by atoms with van der Waals surface area (Å²) in [6, 6.07) is 8.55. The summed E-state index contributed by atoms with van der Waals surface area (Å²) in [6.45, 7) is 0. The van der Waals surface area contributed by atoms with Gasteiger partial charge < -0.3 is 5.32 Å². The molecule has 0 saturated heterocycles. The van der Waals surface area contributed by atoms with E-state index < -0.39 is 11.7 Å². The van der Waals surface area contributed by atoms with Crippen LogP contribution in [-0.2, 0) is 0 Å². The lowest BCUT2D eigenvalue weighted by Gasteiger charge is -2.06. The van der Waals surface area contributed by atoms with Crippen molar-refractivity contribution in [2.75, 3.05) is 5.32 Å². The minimum Gasteiger partial charge on any atom is -0.319 e. The second kappa shape index (κ2) is 5.46. The van der Waals surface area contributed by atoms with E-state index in [2.05, 4.69) is 10.3 Å². The topological polar surface area (TPSA) is 65.8 Å². The summed E-state index contributed by atoms with van der Waals surface area (Å²) in [5.74, 6) is -1.18. The average Bonchev–Trinajstić information content (AvgIpc) is 2.41. The quantitative estimate of drug-likeness (QED) is 0.857. The maximum atomic E-state index is 13.6. The smallest absolute Gasteiger partial charge is 0.257 e. The van der Waals surface area contributed by atoms with Gasteiger partial charge in [0.2, 0.25) is 0 Å². The molecule has 0 aliphatic rings. The maximum absolute atomic E-state index is 13.6. The van der Waals surface area contributed by atoms with E-state index in [0.717, 1.165) is 6.07 Å². The number of carbonyl (C=O) groups excluding carboxylic acids is 1. The van der Waals surface area contributed by atoms with Crippen molar-refractivity contribution in [3.8, 4) is 6.07 Å². The van der Waals surface area contributed by atoms with E-state index in [9.17, 15) is 9.18 Å². The van der Waals surface area contributed by atoms with Gasteiger partial charge in [0.05, 0.1) is 22.9 Å². The van der Waals surface area contributed by atoms with Crippen molar-refractivity contribution in [1.29, 1.82) is 5.26 Å². The highest BCUT2D eigenvalue weighted by Gasteiger charge is 2.10. The molecule has 1 aromatic carbocycles. The lowest BCUT2D eigenvalue weighted by molar-refractivity contribution is 0.102. The molecule has 1 heterocycles. The molecule has 4 nitrogen and oxygen atoms in total. The van der Waals surface area contributed by atoms with E-state index >= 15 is 0 Å². The van der Waals surface area contributed by atoms with Crippen LogP contribution in [0.15, 0.2) is 36.5 Å². The van der Waals surface area contributed by atoms with Crippen LogP contribution in [0, 0.1) is 17.1 Å². The Labute approximate surface area is 113 Å². The predicted molar refractivity (Wildman–Crippen MR) is 68.3 cm³/mol. The Kier molecular flexibility index (Phi) is 3.74. The number of anilines is 1. The summed E-state index contributed by atoms with van der Waals surface area (Å²) < 4.78 is 13.6. The molecule has 2 rings (SSSR count). The van der Waals surface area contributed by atoms with Crippen LogP contribution in [0.4, 0.5) is 10.1 Å². The normalized spacial score (nSPS) is 9.74. The molecule has 19 heavy (non-hydrogen) atoms. The zero-order chi connectivity index (χ0) is 13.8. The molecule has 0 aliphatic heterocycles. The minimum absolute atomic E-state index is 0.000972. The number of carbonyl (C=O) groups is 1. The number of halogens is 2. The van der Waals surface area contributed by atoms with Gasteiger partial charge in [-0.15, -0.1) is 0 Å². The third kappa shape index (κ3) is 3.06. The van der Waals surface area contributed by atoms with E-state index in [4.69, 9.17) is 16.9 Å². The second-order valence-corrected chi connectivity index (χ2v) is 4.02. The summed E-state index contributed by atoms with van der Waals surface area (Å²) in [7, 11) is 0. The van der Waals surface area contributed by atoms with Gasteiger partial charge in [0.25, 0.3) is 5.91 Å². The number of amides is 1. The summed E-state index contributed by atoms with van der Waals surface area (Å²) in [6.07, 6.45) is 1.29. The van der Waals surface area contributed by atoms with Crippen LogP contribution in [0.3, 0.4) is 0 Å². The summed E-state index contributed by atoms with van der Waals surface area (Å²) in [5.41, 5.74) is 0.441. The van der Waals surface area contributed by atoms with Crippen LogP contribution in [0.2, 0.25) is 5.15 Å². The van der Waals surface area contributed by atoms with Crippen molar-refractivity contribution in [2.24, 2.45) is 0 Å². The molecule has 6 heteroatoms. The number of pyridine rings is 1. The van der Waals surface area contributed by atoms with Crippen LogP contribution in [0.5, 0.6) is 0 Å². The Bertz CT molecular complexity index is 665. The molecule has 0 fully saturated rings. The molecular weight excluding hydrogens is 269 g/mol. The van der Waals surface area contributed by atoms with Crippen LogP contribution in [0.25, 0.3) is 0 Å². The minimum atomic E-state index is -0.672. The second-order valence-electron chi connectivity index (χ2n) is 3.63. The molecule has 0 bridgehead atoms. The highest BCUT2D eigenvalue weighted by atomic mass is 35.5. The molecule has 0 atom stereocenters. The number of nitrogens with one attached hydrogen (secondary N) is 1. The highest BCUT2D eigenvalue weighted by Crippen LogP contribution is 2.16. The van der Waals surface area contributed by atoms with E-state index in [1.165, 1.54) is 30.5 Å². The van der Waals surface area contributed by atoms with Crippen molar-refractivity contribution >= 4 is 23.2 Å². The standard InChI is InChI=1S/C13H7ClFN3O/c14-12-4-2-9(7-17-12)13(19)18-11-3-1-8(6-16)5-10(11)15/h1-5,7H,(H,18,19). The number of benzene rings is 1. The molecule has 0 radical (unpaired) electrons. The first kappa shape index (κ1) is 13.0. The van der Waals surface area contributed by atoms with Gasteiger partial charge in [-0.25, -0.2) is 9.37 Å². The molecule has 94 valence electrons. The van der Waals surface area contributed by atoms with Gasteiger partial charge in [-0.05, 0) is 30.3 Å². The number of hydrogen-bond acceptors (Lipinski definition) is 3. The van der Waals surface area contributed by atoms with Gasteiger partial charge in [0.15, 0.2) is 0 Å². The van der Waals surface area contributed by atoms with E-state index in [1.54, 1.807) is 0 Å². The molecule has 0 aliphatic carbocycles. The first-order chi connectivity index (χ1) is 9.10. The molecule has 0 saturated carbocycles. The van der Waals surface area contributed by atoms with E-state index in [-0.39, 0.29) is 22.0 Å². The van der Waals surface area contributed by atoms with Gasteiger partial charge in [0, 0.05) is 6.20 Å². The Morgan fingerprint density at radius 2 is 2.16 bits per heavy atom. The van der Waals surface area contributed by atoms with Gasteiger partial charge in [-0.3, -0.25) is 4.79 Å². The first-order valence-corrected chi connectivity index (χ1v) is 5.60. The molecule has 0 spiro atoms. The molecule has 1 aromatic heterocycles. The van der Waals surface area contributed by atoms with E-state index in [1.807, 2.05) is 6.07 Å². The van der Waals surface area contributed by atoms with Crippen molar-refractivity contribution in [3.05, 3.63) is 58.6 Å². The predicted octanol–water partition coefficient (Wildman–Crippen LogP) is 3.00. The van der Waals surface area contributed by atoms with Crippen LogP contribution in [-0.4, -0.2) is 10.9 Å². The van der Waals surface area contributed by atoms with Gasteiger partial charge in [-0.1, -0.05) is 11.6 Å². The van der Waals surface area contributed by atoms with Crippen LogP contribution >= 0.6 is 11.6 Å². The van der Waals surface area contributed by atoms with E-state index in [0.29, 0.717) is 0 Å². The third-order valence-corrected chi connectivity index (χ3v) is 2.56. The fraction of sp³-hybridized carbons (Fsp3) is 0. The molecule has 2 aromatic rings. The van der Waals surface area contributed by atoms with Crippen molar-refractivity contribution < 1.29 is 9.18 Å². The van der Waals surface area contributed by atoms with Gasteiger partial charge in [-0.2, -0.15) is 5.26 Å². The number of nitriles is 1. The number of nitrogens with zero attached hydrogens (tertiary/aromatic N) is 2. The summed E-state index contributed by atoms with van der Waals surface area (Å²) in [5, 5.41) is 11.3. The molecular formula is C13H7ClFN3O. The molecule has 1 N–H and O–H groups in total. The lowest BCUT2D eigenvalue weighted by atomic mass is 10.2. The average molecular weight is 276 g/mol. The zero-order valence-corrected chi connectivity index (χ0v) is 10.3. The maximum Gasteiger partial charge on any atom is 0.257 e. The highest BCUT2D eigenvalue weighted by molar-refractivity contribution is 6.29. The summed E-state index contributed by atoms with van der Waals surface area (Å²) >= 11 is 5.60. The number of aromatic nitrogens is 1. The fourth-order valence-electron chi connectivity index (χ4n) is 1.39.